The molecule has 3 heteroatoms. The number of pyridine rings is 1. The van der Waals surface area contributed by atoms with E-state index in [0.717, 1.165) is 28.1 Å². The van der Waals surface area contributed by atoms with Gasteiger partial charge in [0.25, 0.3) is 0 Å². The highest BCUT2D eigenvalue weighted by molar-refractivity contribution is 6.17. The lowest BCUT2D eigenvalue weighted by molar-refractivity contribution is 1.18. The number of hydrogen-bond acceptors (Lipinski definition) is 1. The lowest BCUT2D eigenvalue weighted by Crippen LogP contribution is -1.95. The molecule has 242 valence electrons. The Hall–Kier alpha value is -6.97. The summed E-state index contributed by atoms with van der Waals surface area (Å²) in [7, 11) is 0. The van der Waals surface area contributed by atoms with E-state index >= 15 is 0 Å². The molecule has 52 heavy (non-hydrogen) atoms. The zero-order chi connectivity index (χ0) is 34.2. The van der Waals surface area contributed by atoms with E-state index in [2.05, 4.69) is 197 Å². The van der Waals surface area contributed by atoms with Crippen molar-refractivity contribution in [2.24, 2.45) is 0 Å². The molecule has 0 saturated carbocycles. The molecule has 0 bridgehead atoms. The summed E-state index contributed by atoms with van der Waals surface area (Å²) >= 11 is 0. The van der Waals surface area contributed by atoms with Crippen LogP contribution in [0.1, 0.15) is 0 Å². The lowest BCUT2D eigenvalue weighted by Gasteiger charge is -2.12. The third-order valence-corrected chi connectivity index (χ3v) is 10.7. The second-order valence-corrected chi connectivity index (χ2v) is 13.5. The summed E-state index contributed by atoms with van der Waals surface area (Å²) in [6, 6.07) is 67.8. The van der Waals surface area contributed by atoms with Crippen molar-refractivity contribution in [3.05, 3.63) is 188 Å². The number of rotatable bonds is 4. The van der Waals surface area contributed by atoms with Crippen LogP contribution in [0.2, 0.25) is 0 Å². The highest BCUT2D eigenvalue weighted by atomic mass is 15.0. The van der Waals surface area contributed by atoms with E-state index in [-0.39, 0.29) is 0 Å². The van der Waals surface area contributed by atoms with Crippen LogP contribution in [0, 0.1) is 0 Å². The van der Waals surface area contributed by atoms with E-state index in [0.29, 0.717) is 0 Å². The maximum Gasteiger partial charge on any atom is 0.0788 e. The summed E-state index contributed by atoms with van der Waals surface area (Å²) in [5.74, 6) is 0. The molecular formula is C49H31N3. The minimum Gasteiger partial charge on any atom is -0.309 e. The number of benzene rings is 8. The Labute approximate surface area is 300 Å². The van der Waals surface area contributed by atoms with Crippen molar-refractivity contribution in [3.8, 4) is 33.8 Å². The van der Waals surface area contributed by atoms with Crippen LogP contribution in [-0.2, 0) is 0 Å². The first-order valence-corrected chi connectivity index (χ1v) is 17.8. The molecule has 0 spiro atoms. The second kappa shape index (κ2) is 11.3. The van der Waals surface area contributed by atoms with Crippen LogP contribution in [0.4, 0.5) is 0 Å². The SMILES string of the molecule is c1ccc(-n2c3ccccc3c3c(-c4cccc(-n5c6ccccc6c6cc(-c7nc8ccccc8c8ccccc78)ccc65)c4)cccc32)cc1. The molecule has 0 amide bonds. The van der Waals surface area contributed by atoms with Gasteiger partial charge in [-0.1, -0.05) is 127 Å². The van der Waals surface area contributed by atoms with Gasteiger partial charge in [0, 0.05) is 49.3 Å². The van der Waals surface area contributed by atoms with Crippen molar-refractivity contribution in [3.63, 3.8) is 0 Å². The largest absolute Gasteiger partial charge is 0.309 e. The van der Waals surface area contributed by atoms with Gasteiger partial charge in [-0.05, 0) is 77.2 Å². The predicted molar refractivity (Wildman–Crippen MR) is 219 cm³/mol. The standard InChI is InChI=1S/C49H31N3/c1-2-15-34(16-3-1)51-45-26-11-8-22-41(45)48-36(23-13-27-47(48)51)32-14-12-17-35(30-32)52-44-25-10-7-20-39(44)42-31-33(28-29-46(42)52)49-40-21-5-4-18-37(40)38-19-6-9-24-43(38)50-49/h1-31H. The molecule has 3 aromatic heterocycles. The summed E-state index contributed by atoms with van der Waals surface area (Å²) in [4.78, 5) is 5.23. The maximum absolute atomic E-state index is 5.23. The van der Waals surface area contributed by atoms with Crippen molar-refractivity contribution < 1.29 is 0 Å². The van der Waals surface area contributed by atoms with E-state index in [9.17, 15) is 0 Å². The molecule has 0 atom stereocenters. The molecule has 8 aromatic carbocycles. The molecule has 0 aliphatic rings. The Morgan fingerprint density at radius 3 is 1.77 bits per heavy atom. The van der Waals surface area contributed by atoms with E-state index < -0.39 is 0 Å². The van der Waals surface area contributed by atoms with Gasteiger partial charge in [-0.2, -0.15) is 0 Å². The summed E-state index contributed by atoms with van der Waals surface area (Å²) in [5, 5.41) is 8.53. The van der Waals surface area contributed by atoms with Crippen LogP contribution in [0.25, 0.3) is 99.0 Å². The smallest absolute Gasteiger partial charge is 0.0788 e. The van der Waals surface area contributed by atoms with E-state index in [1.165, 1.54) is 70.9 Å². The molecule has 0 radical (unpaired) electrons. The summed E-state index contributed by atoms with van der Waals surface area (Å²) in [6.07, 6.45) is 0. The molecule has 0 unspecified atom stereocenters. The van der Waals surface area contributed by atoms with Gasteiger partial charge < -0.3 is 9.13 Å². The topological polar surface area (TPSA) is 22.8 Å². The molecule has 3 nitrogen and oxygen atoms in total. The van der Waals surface area contributed by atoms with Crippen LogP contribution in [0.5, 0.6) is 0 Å². The minimum absolute atomic E-state index is 1.01. The molecular weight excluding hydrogens is 631 g/mol. The second-order valence-electron chi connectivity index (χ2n) is 13.5. The van der Waals surface area contributed by atoms with E-state index in [4.69, 9.17) is 4.98 Å². The van der Waals surface area contributed by atoms with Crippen molar-refractivity contribution in [2.75, 3.05) is 0 Å². The monoisotopic (exact) mass is 661 g/mol. The van der Waals surface area contributed by atoms with Crippen molar-refractivity contribution in [1.82, 2.24) is 14.1 Å². The zero-order valence-corrected chi connectivity index (χ0v) is 28.2. The summed E-state index contributed by atoms with van der Waals surface area (Å²) in [5.41, 5.74) is 12.6. The van der Waals surface area contributed by atoms with Crippen LogP contribution in [0.15, 0.2) is 188 Å². The van der Waals surface area contributed by atoms with E-state index in [1.54, 1.807) is 0 Å². The first kappa shape index (κ1) is 28.8. The summed E-state index contributed by atoms with van der Waals surface area (Å²) in [6.45, 7) is 0. The normalized spacial score (nSPS) is 11.8. The predicted octanol–water partition coefficient (Wildman–Crippen LogP) is 12.9. The third-order valence-electron chi connectivity index (χ3n) is 10.7. The van der Waals surface area contributed by atoms with Crippen LogP contribution < -0.4 is 0 Å². The minimum atomic E-state index is 1.01. The Morgan fingerprint density at radius 1 is 0.327 bits per heavy atom. The Balaban J connectivity index is 1.12. The van der Waals surface area contributed by atoms with Gasteiger partial charge in [0.2, 0.25) is 0 Å². The molecule has 11 rings (SSSR count). The quantitative estimate of drug-likeness (QED) is 0.172. The average Bonchev–Trinajstić information content (AvgIpc) is 3.74. The number of hydrogen-bond donors (Lipinski definition) is 0. The van der Waals surface area contributed by atoms with Gasteiger partial charge >= 0.3 is 0 Å². The number of fused-ring (bicyclic) bond motifs is 9. The van der Waals surface area contributed by atoms with Crippen molar-refractivity contribution >= 4 is 65.3 Å². The lowest BCUT2D eigenvalue weighted by atomic mass is 9.98. The van der Waals surface area contributed by atoms with Gasteiger partial charge in [-0.3, -0.25) is 0 Å². The highest BCUT2D eigenvalue weighted by Crippen LogP contribution is 2.41. The fourth-order valence-electron chi connectivity index (χ4n) is 8.45. The van der Waals surface area contributed by atoms with Gasteiger partial charge in [0.15, 0.2) is 0 Å². The molecule has 0 N–H and O–H groups in total. The first-order chi connectivity index (χ1) is 25.8. The maximum atomic E-state index is 5.23. The van der Waals surface area contributed by atoms with Crippen molar-refractivity contribution in [2.45, 2.75) is 0 Å². The van der Waals surface area contributed by atoms with E-state index in [1.807, 2.05) is 0 Å². The third kappa shape index (κ3) is 4.23. The first-order valence-electron chi connectivity index (χ1n) is 17.8. The van der Waals surface area contributed by atoms with Crippen LogP contribution >= 0.6 is 0 Å². The highest BCUT2D eigenvalue weighted by Gasteiger charge is 2.18. The fourth-order valence-corrected chi connectivity index (χ4v) is 8.45. The molecule has 0 aliphatic heterocycles. The van der Waals surface area contributed by atoms with Crippen LogP contribution in [-0.4, -0.2) is 14.1 Å². The van der Waals surface area contributed by atoms with Gasteiger partial charge in [-0.25, -0.2) is 4.98 Å². The Kier molecular flexibility index (Phi) is 6.25. The molecule has 11 aromatic rings. The average molecular weight is 662 g/mol. The van der Waals surface area contributed by atoms with Crippen molar-refractivity contribution in [1.29, 1.82) is 0 Å². The van der Waals surface area contributed by atoms with Gasteiger partial charge in [0.05, 0.1) is 33.3 Å². The molecule has 0 aliphatic carbocycles. The number of nitrogens with zero attached hydrogens (tertiary/aromatic N) is 3. The van der Waals surface area contributed by atoms with Gasteiger partial charge in [0.1, 0.15) is 0 Å². The molecule has 0 saturated heterocycles. The van der Waals surface area contributed by atoms with Gasteiger partial charge in [-0.15, -0.1) is 0 Å². The zero-order valence-electron chi connectivity index (χ0n) is 28.2. The summed E-state index contributed by atoms with van der Waals surface area (Å²) < 4.78 is 4.80. The fraction of sp³-hybridized carbons (Fsp3) is 0. The Bertz CT molecular complexity index is 3180. The molecule has 3 heterocycles. The molecule has 0 fully saturated rings. The Morgan fingerprint density at radius 2 is 0.923 bits per heavy atom. The van der Waals surface area contributed by atoms with Crippen LogP contribution in [0.3, 0.4) is 0 Å². The number of para-hydroxylation sites is 4. The number of aromatic nitrogens is 3.